The van der Waals surface area contributed by atoms with Crippen LogP contribution in [0.3, 0.4) is 0 Å². The second-order valence-electron chi connectivity index (χ2n) is 13.3. The first-order chi connectivity index (χ1) is 21.7. The summed E-state index contributed by atoms with van der Waals surface area (Å²) in [5.41, 5.74) is 6.49. The Morgan fingerprint density at radius 1 is 1.22 bits per heavy atom. The number of unbranched alkanes of at least 4 members (excludes halogenated alkanes) is 1. The molecule has 2 fully saturated rings. The minimum absolute atomic E-state index is 0.0900. The molecule has 2 aliphatic heterocycles. The molecule has 0 aromatic rings. The average Bonchev–Trinajstić information content (AvgIpc) is 3.80. The monoisotopic (exact) mass is 629 g/mol. The smallest absolute Gasteiger partial charge is 0.254 e. The molecule has 3 aliphatic carbocycles. The number of rotatable bonds is 12. The van der Waals surface area contributed by atoms with Gasteiger partial charge in [-0.2, -0.15) is 0 Å². The van der Waals surface area contributed by atoms with E-state index in [-0.39, 0.29) is 11.8 Å². The lowest BCUT2D eigenvalue weighted by Crippen LogP contribution is -2.57. The number of nitrogens with one attached hydrogen (secondary N) is 2. The number of thiocarbonyl (C=S) groups is 1. The highest BCUT2D eigenvalue weighted by Gasteiger charge is 2.34. The highest BCUT2D eigenvalue weighted by molar-refractivity contribution is 7.80. The van der Waals surface area contributed by atoms with Gasteiger partial charge in [0.25, 0.3) is 5.91 Å². The number of hydrogen-bond acceptors (Lipinski definition) is 6. The molecule has 5 aliphatic rings. The number of allylic oxidation sites excluding steroid dienone is 8. The van der Waals surface area contributed by atoms with Crippen LogP contribution < -0.4 is 10.6 Å². The summed E-state index contributed by atoms with van der Waals surface area (Å²) in [6.45, 7) is 19.5. The van der Waals surface area contributed by atoms with E-state index >= 15 is 0 Å². The zero-order valence-corrected chi connectivity index (χ0v) is 28.5. The average molecular weight is 630 g/mol. The number of nitrogens with zero attached hydrogens (tertiary/aromatic N) is 3. The van der Waals surface area contributed by atoms with E-state index in [2.05, 4.69) is 91.9 Å². The summed E-state index contributed by atoms with van der Waals surface area (Å²) in [4.78, 5) is 25.1. The van der Waals surface area contributed by atoms with E-state index < -0.39 is 0 Å². The zero-order valence-electron chi connectivity index (χ0n) is 27.7. The predicted molar refractivity (Wildman–Crippen MR) is 188 cm³/mol. The Labute approximate surface area is 275 Å². The van der Waals surface area contributed by atoms with Crippen LogP contribution in [0.25, 0.3) is 0 Å². The largest absolute Gasteiger partial charge is 0.358 e. The molecule has 0 spiro atoms. The molecule has 0 aromatic heterocycles. The van der Waals surface area contributed by atoms with Crippen molar-refractivity contribution in [3.63, 3.8) is 0 Å². The van der Waals surface area contributed by atoms with Crippen LogP contribution in [0.2, 0.25) is 0 Å². The molecule has 8 heteroatoms. The SMILES string of the molecule is C=C1NC(C2=C(C3=CCC(CN(C(=C)CCCC)C(=O)/C(CC(=S)N4C(C)CNCC4C)=C(\C)C4CC4)C=C3)C=CCC2)=NO1. The summed E-state index contributed by atoms with van der Waals surface area (Å²) in [6, 6.07) is 0.612. The van der Waals surface area contributed by atoms with Gasteiger partial charge in [0.05, 0.1) is 4.99 Å². The summed E-state index contributed by atoms with van der Waals surface area (Å²) in [5, 5.41) is 10.9. The Kier molecular flexibility index (Phi) is 11.0. The van der Waals surface area contributed by atoms with E-state index in [1.165, 1.54) is 11.1 Å². The lowest BCUT2D eigenvalue weighted by Gasteiger charge is -2.42. The van der Waals surface area contributed by atoms with Crippen molar-refractivity contribution in [1.29, 1.82) is 0 Å². The molecular weight excluding hydrogens is 579 g/mol. The van der Waals surface area contributed by atoms with Gasteiger partial charge in [0.1, 0.15) is 0 Å². The summed E-state index contributed by atoms with van der Waals surface area (Å²) >= 11 is 6.08. The number of piperazine rings is 1. The molecule has 3 atom stereocenters. The third-order valence-corrected chi connectivity index (χ3v) is 10.0. The van der Waals surface area contributed by atoms with E-state index in [9.17, 15) is 4.79 Å². The van der Waals surface area contributed by atoms with E-state index in [1.54, 1.807) is 0 Å². The van der Waals surface area contributed by atoms with E-state index in [1.807, 2.05) is 4.90 Å². The minimum atomic E-state index is 0.0900. The van der Waals surface area contributed by atoms with Crippen LogP contribution in [-0.4, -0.2) is 58.2 Å². The highest BCUT2D eigenvalue weighted by atomic mass is 32.1. The first kappa shape index (κ1) is 33.1. The number of carbonyl (C=O) groups excluding carboxylic acids is 1. The lowest BCUT2D eigenvalue weighted by atomic mass is 9.86. The first-order valence-electron chi connectivity index (χ1n) is 16.9. The van der Waals surface area contributed by atoms with Gasteiger partial charge in [-0.3, -0.25) is 4.79 Å². The van der Waals surface area contributed by atoms with Crippen molar-refractivity contribution in [2.24, 2.45) is 17.0 Å². The zero-order chi connectivity index (χ0) is 32.1. The molecule has 1 saturated carbocycles. The van der Waals surface area contributed by atoms with Crippen LogP contribution >= 0.6 is 12.2 Å². The fourth-order valence-electron chi connectivity index (χ4n) is 6.87. The van der Waals surface area contributed by atoms with Crippen molar-refractivity contribution >= 4 is 28.9 Å². The maximum atomic E-state index is 14.6. The second kappa shape index (κ2) is 14.9. The van der Waals surface area contributed by atoms with Crippen molar-refractivity contribution in [1.82, 2.24) is 20.4 Å². The van der Waals surface area contributed by atoms with Crippen LogP contribution in [0.15, 0.2) is 88.1 Å². The van der Waals surface area contributed by atoms with Crippen LogP contribution in [0.4, 0.5) is 0 Å². The predicted octanol–water partition coefficient (Wildman–Crippen LogP) is 7.20. The van der Waals surface area contributed by atoms with Crippen molar-refractivity contribution in [3.8, 4) is 0 Å². The third-order valence-electron chi connectivity index (χ3n) is 9.69. The van der Waals surface area contributed by atoms with E-state index in [4.69, 9.17) is 17.1 Å². The van der Waals surface area contributed by atoms with Crippen molar-refractivity contribution in [2.75, 3.05) is 19.6 Å². The number of amidine groups is 1. The Morgan fingerprint density at radius 3 is 2.60 bits per heavy atom. The van der Waals surface area contributed by atoms with Crippen molar-refractivity contribution in [3.05, 3.63) is 83.0 Å². The Morgan fingerprint density at radius 2 is 1.98 bits per heavy atom. The van der Waals surface area contributed by atoms with Gasteiger partial charge in [-0.1, -0.05) is 73.3 Å². The van der Waals surface area contributed by atoms with Gasteiger partial charge >= 0.3 is 0 Å². The molecular formula is C37H51N5O2S. The summed E-state index contributed by atoms with van der Waals surface area (Å²) in [5.74, 6) is 1.97. The topological polar surface area (TPSA) is 69.2 Å². The molecule has 0 bridgehead atoms. The van der Waals surface area contributed by atoms with Crippen molar-refractivity contribution in [2.45, 2.75) is 97.6 Å². The quantitative estimate of drug-likeness (QED) is 0.176. The Bertz CT molecular complexity index is 1380. The standard InChI is InChI=1S/C37H51N5O2S/c1-7-8-11-24(2)41(37(43)34(27(5)30-18-19-30)20-35(45)42-25(3)21-38-22-26(42)4)23-29-14-16-31(17-15-29)32-12-9-10-13-33(32)36-39-28(6)44-40-36/h9,12,14,16-17,25-26,29-30,38H,2,6-8,10-11,13,15,18-23H2,1,3-5H3,(H,39,40)/b34-27+. The maximum absolute atomic E-state index is 14.6. The van der Waals surface area contributed by atoms with Gasteiger partial charge in [0.15, 0.2) is 5.84 Å². The molecule has 3 unspecified atom stereocenters. The van der Waals surface area contributed by atoms with Crippen LogP contribution in [0.1, 0.15) is 85.5 Å². The van der Waals surface area contributed by atoms with E-state index in [0.717, 1.165) is 97.7 Å². The Balaban J connectivity index is 1.35. The van der Waals surface area contributed by atoms with Gasteiger partial charge in [0.2, 0.25) is 5.88 Å². The lowest BCUT2D eigenvalue weighted by molar-refractivity contribution is -0.126. The number of hydrogen-bond donors (Lipinski definition) is 2. The molecule has 2 N–H and O–H groups in total. The highest BCUT2D eigenvalue weighted by Crippen LogP contribution is 2.40. The number of carbonyl (C=O) groups is 1. The van der Waals surface area contributed by atoms with Gasteiger partial charge < -0.3 is 25.3 Å². The van der Waals surface area contributed by atoms with Crippen LogP contribution in [-0.2, 0) is 9.63 Å². The minimum Gasteiger partial charge on any atom is -0.358 e. The third kappa shape index (κ3) is 7.95. The van der Waals surface area contributed by atoms with E-state index in [0.29, 0.717) is 36.9 Å². The molecule has 45 heavy (non-hydrogen) atoms. The number of oxime groups is 1. The van der Waals surface area contributed by atoms with Crippen LogP contribution in [0.5, 0.6) is 0 Å². The maximum Gasteiger partial charge on any atom is 0.254 e. The van der Waals surface area contributed by atoms with Gasteiger partial charge in [-0.25, -0.2) is 0 Å². The van der Waals surface area contributed by atoms with Gasteiger partial charge in [-0.05, 0) is 95.3 Å². The number of amides is 1. The van der Waals surface area contributed by atoms with Crippen LogP contribution in [0, 0.1) is 11.8 Å². The molecule has 7 nitrogen and oxygen atoms in total. The molecule has 242 valence electrons. The fourth-order valence-corrected chi connectivity index (χ4v) is 7.38. The molecule has 2 heterocycles. The first-order valence-corrected chi connectivity index (χ1v) is 17.3. The Hall–Kier alpha value is -3.23. The summed E-state index contributed by atoms with van der Waals surface area (Å²) in [7, 11) is 0. The van der Waals surface area contributed by atoms with Gasteiger partial charge in [0, 0.05) is 55.0 Å². The molecule has 0 radical (unpaired) electrons. The van der Waals surface area contributed by atoms with Gasteiger partial charge in [-0.15, -0.1) is 0 Å². The second-order valence-corrected chi connectivity index (χ2v) is 13.8. The molecule has 5 rings (SSSR count). The fraction of sp³-hybridized carbons (Fsp3) is 0.541. The molecule has 1 saturated heterocycles. The molecule has 1 amide bonds. The summed E-state index contributed by atoms with van der Waals surface area (Å²) in [6.07, 6.45) is 19.6. The molecule has 0 aromatic carbocycles. The van der Waals surface area contributed by atoms with Crippen molar-refractivity contribution < 1.29 is 9.63 Å². The summed E-state index contributed by atoms with van der Waals surface area (Å²) < 4.78 is 0. The normalized spacial score (nSPS) is 25.3.